The van der Waals surface area contributed by atoms with Crippen molar-refractivity contribution in [2.75, 3.05) is 0 Å². The Labute approximate surface area is 60.4 Å². The zero-order chi connectivity index (χ0) is 8.15. The van der Waals surface area contributed by atoms with Gasteiger partial charge in [-0.3, -0.25) is 4.79 Å². The molecule has 0 aliphatic heterocycles. The van der Waals surface area contributed by atoms with Gasteiger partial charge in [-0.25, -0.2) is 4.79 Å². The Hall–Kier alpha value is -0.860. The van der Waals surface area contributed by atoms with Gasteiger partial charge in [-0.05, 0) is 13.8 Å². The van der Waals surface area contributed by atoms with Gasteiger partial charge >= 0.3 is 5.97 Å². The Kier molecular flexibility index (Phi) is 3.69. The van der Waals surface area contributed by atoms with E-state index in [1.807, 2.05) is 0 Å². The molecule has 3 nitrogen and oxygen atoms in total. The van der Waals surface area contributed by atoms with E-state index in [1.165, 1.54) is 0 Å². The summed E-state index contributed by atoms with van der Waals surface area (Å²) >= 11 is 0. The van der Waals surface area contributed by atoms with Gasteiger partial charge in [0, 0.05) is 6.42 Å². The summed E-state index contributed by atoms with van der Waals surface area (Å²) in [5.41, 5.74) is 0. The average molecular weight is 144 g/mol. The second kappa shape index (κ2) is 4.04. The van der Waals surface area contributed by atoms with Crippen LogP contribution in [0.15, 0.2) is 0 Å². The lowest BCUT2D eigenvalue weighted by Crippen LogP contribution is -2.19. The van der Waals surface area contributed by atoms with Crippen LogP contribution in [0.3, 0.4) is 0 Å². The van der Waals surface area contributed by atoms with Crippen molar-refractivity contribution in [1.29, 1.82) is 0 Å². The van der Waals surface area contributed by atoms with E-state index in [4.69, 9.17) is 0 Å². The summed E-state index contributed by atoms with van der Waals surface area (Å²) in [7, 11) is 0. The third kappa shape index (κ3) is 3.22. The first kappa shape index (κ1) is 9.14. The topological polar surface area (TPSA) is 43.4 Å². The van der Waals surface area contributed by atoms with Gasteiger partial charge in [-0.1, -0.05) is 6.92 Å². The van der Waals surface area contributed by atoms with E-state index in [9.17, 15) is 9.59 Å². The number of ketones is 1. The number of Topliss-reactive ketones (excluding diaryl/α,β-unsaturated/α-hetero) is 1. The Morgan fingerprint density at radius 2 is 1.90 bits per heavy atom. The third-order valence-corrected chi connectivity index (χ3v) is 0.892. The molecule has 0 aliphatic rings. The molecule has 0 heterocycles. The predicted molar refractivity (Wildman–Crippen MR) is 36.5 cm³/mol. The number of carbonyl (C=O) groups excluding carboxylic acids is 2. The molecular formula is C7H12O3. The van der Waals surface area contributed by atoms with Gasteiger partial charge in [0.1, 0.15) is 0 Å². The minimum Gasteiger partial charge on any atom is -0.457 e. The minimum atomic E-state index is -0.725. The van der Waals surface area contributed by atoms with E-state index in [0.29, 0.717) is 0 Å². The zero-order valence-electron chi connectivity index (χ0n) is 6.51. The fraction of sp³-hybridized carbons (Fsp3) is 0.714. The highest BCUT2D eigenvalue weighted by atomic mass is 16.5. The van der Waals surface area contributed by atoms with E-state index in [2.05, 4.69) is 4.74 Å². The van der Waals surface area contributed by atoms with Gasteiger partial charge in [0.15, 0.2) is 0 Å². The van der Waals surface area contributed by atoms with Crippen LogP contribution in [0.1, 0.15) is 27.2 Å². The predicted octanol–water partition coefficient (Wildman–Crippen LogP) is 0.917. The molecule has 0 spiro atoms. The van der Waals surface area contributed by atoms with Crippen molar-refractivity contribution in [3.05, 3.63) is 0 Å². The van der Waals surface area contributed by atoms with Crippen LogP contribution in [-0.4, -0.2) is 17.9 Å². The molecule has 0 rings (SSSR count). The summed E-state index contributed by atoms with van der Waals surface area (Å²) in [6.45, 7) is 5.05. The summed E-state index contributed by atoms with van der Waals surface area (Å²) in [5.74, 6) is -1.19. The fourth-order valence-electron chi connectivity index (χ4n) is 0.424. The van der Waals surface area contributed by atoms with Gasteiger partial charge in [0.05, 0.1) is 6.10 Å². The number of carbonyl (C=O) groups is 2. The molecule has 0 amide bonds. The maximum absolute atomic E-state index is 10.6. The second-order valence-electron chi connectivity index (χ2n) is 2.23. The van der Waals surface area contributed by atoms with E-state index >= 15 is 0 Å². The van der Waals surface area contributed by atoms with Crippen molar-refractivity contribution >= 4 is 11.8 Å². The van der Waals surface area contributed by atoms with Gasteiger partial charge in [-0.15, -0.1) is 0 Å². The minimum absolute atomic E-state index is 0.206. The first-order chi connectivity index (χ1) is 4.57. The summed E-state index contributed by atoms with van der Waals surface area (Å²) in [6.07, 6.45) is 0.00829. The molecule has 10 heavy (non-hydrogen) atoms. The van der Waals surface area contributed by atoms with Crippen LogP contribution in [0, 0.1) is 0 Å². The van der Waals surface area contributed by atoms with Gasteiger partial charge in [0.25, 0.3) is 0 Å². The molecule has 0 N–H and O–H groups in total. The summed E-state index contributed by atoms with van der Waals surface area (Å²) in [4.78, 5) is 21.2. The number of esters is 1. The fourth-order valence-corrected chi connectivity index (χ4v) is 0.424. The lowest BCUT2D eigenvalue weighted by Gasteiger charge is -2.04. The Bertz CT molecular complexity index is 138. The first-order valence-corrected chi connectivity index (χ1v) is 3.31. The molecule has 0 saturated heterocycles. The SMILES string of the molecule is CCC(=O)C(=O)OC(C)C. The van der Waals surface area contributed by atoms with Crippen molar-refractivity contribution in [2.24, 2.45) is 0 Å². The molecule has 0 unspecified atom stereocenters. The van der Waals surface area contributed by atoms with Crippen LogP contribution in [0.4, 0.5) is 0 Å². The molecule has 0 aliphatic carbocycles. The molecule has 3 heteroatoms. The van der Waals surface area contributed by atoms with Crippen LogP contribution in [0.5, 0.6) is 0 Å². The molecule has 0 bridgehead atoms. The Balaban J connectivity index is 3.74. The lowest BCUT2D eigenvalue weighted by molar-refractivity contribution is -0.156. The standard InChI is InChI=1S/C7H12O3/c1-4-6(8)7(9)10-5(2)3/h5H,4H2,1-3H3. The quantitative estimate of drug-likeness (QED) is 0.437. The monoisotopic (exact) mass is 144 g/mol. The van der Waals surface area contributed by atoms with Gasteiger partial charge in [-0.2, -0.15) is 0 Å². The largest absolute Gasteiger partial charge is 0.457 e. The van der Waals surface area contributed by atoms with Crippen LogP contribution < -0.4 is 0 Å². The Morgan fingerprint density at radius 3 is 2.20 bits per heavy atom. The summed E-state index contributed by atoms with van der Waals surface area (Å²) in [5, 5.41) is 0. The smallest absolute Gasteiger partial charge is 0.374 e. The summed E-state index contributed by atoms with van der Waals surface area (Å²) in [6, 6.07) is 0. The van der Waals surface area contributed by atoms with Crippen molar-refractivity contribution in [2.45, 2.75) is 33.3 Å². The van der Waals surface area contributed by atoms with Crippen molar-refractivity contribution in [3.63, 3.8) is 0 Å². The Morgan fingerprint density at radius 1 is 1.40 bits per heavy atom. The van der Waals surface area contributed by atoms with E-state index < -0.39 is 11.8 Å². The normalized spacial score (nSPS) is 9.60. The lowest BCUT2D eigenvalue weighted by atomic mass is 10.3. The molecule has 0 aromatic carbocycles. The number of rotatable bonds is 3. The van der Waals surface area contributed by atoms with Crippen LogP contribution in [0.2, 0.25) is 0 Å². The highest BCUT2D eigenvalue weighted by Crippen LogP contribution is 1.91. The highest BCUT2D eigenvalue weighted by molar-refractivity contribution is 6.33. The third-order valence-electron chi connectivity index (χ3n) is 0.892. The first-order valence-electron chi connectivity index (χ1n) is 3.31. The molecular weight excluding hydrogens is 132 g/mol. The number of hydrogen-bond acceptors (Lipinski definition) is 3. The van der Waals surface area contributed by atoms with Crippen molar-refractivity contribution in [1.82, 2.24) is 0 Å². The molecule has 0 atom stereocenters. The van der Waals surface area contributed by atoms with Crippen LogP contribution in [-0.2, 0) is 14.3 Å². The summed E-state index contributed by atoms with van der Waals surface area (Å²) < 4.78 is 4.61. The molecule has 58 valence electrons. The molecule has 0 radical (unpaired) electrons. The van der Waals surface area contributed by atoms with E-state index in [-0.39, 0.29) is 12.5 Å². The van der Waals surface area contributed by atoms with Crippen LogP contribution >= 0.6 is 0 Å². The second-order valence-corrected chi connectivity index (χ2v) is 2.23. The van der Waals surface area contributed by atoms with E-state index in [0.717, 1.165) is 0 Å². The van der Waals surface area contributed by atoms with Gasteiger partial charge in [0.2, 0.25) is 5.78 Å². The maximum Gasteiger partial charge on any atom is 0.374 e. The van der Waals surface area contributed by atoms with Gasteiger partial charge < -0.3 is 4.74 Å². The average Bonchev–Trinajstić information content (AvgIpc) is 1.85. The molecule has 0 aromatic rings. The van der Waals surface area contributed by atoms with E-state index in [1.54, 1.807) is 20.8 Å². The molecule has 0 fully saturated rings. The van der Waals surface area contributed by atoms with Crippen molar-refractivity contribution < 1.29 is 14.3 Å². The number of hydrogen-bond donors (Lipinski definition) is 0. The maximum atomic E-state index is 10.6. The molecule has 0 saturated carbocycles. The van der Waals surface area contributed by atoms with Crippen molar-refractivity contribution in [3.8, 4) is 0 Å². The molecule has 0 aromatic heterocycles. The number of ether oxygens (including phenoxy) is 1. The zero-order valence-corrected chi connectivity index (χ0v) is 6.51. The van der Waals surface area contributed by atoms with Crippen LogP contribution in [0.25, 0.3) is 0 Å². The highest BCUT2D eigenvalue weighted by Gasteiger charge is 2.13.